The van der Waals surface area contributed by atoms with E-state index in [2.05, 4.69) is 5.32 Å². The lowest BCUT2D eigenvalue weighted by atomic mass is 10.1. The van der Waals surface area contributed by atoms with Crippen molar-refractivity contribution >= 4 is 17.5 Å². The molecule has 2 aromatic rings. The van der Waals surface area contributed by atoms with Gasteiger partial charge in [0.2, 0.25) is 5.91 Å². The SMILES string of the molecule is CNCCN(C)C(=O)Cc1cccc(OCc2ccccc2Cl)c1. The van der Waals surface area contributed by atoms with Gasteiger partial charge in [-0.25, -0.2) is 0 Å². The van der Waals surface area contributed by atoms with Crippen molar-refractivity contribution in [3.05, 3.63) is 64.7 Å². The fourth-order valence-corrected chi connectivity index (χ4v) is 2.43. The van der Waals surface area contributed by atoms with E-state index in [1.807, 2.05) is 62.6 Å². The summed E-state index contributed by atoms with van der Waals surface area (Å²) in [7, 11) is 3.69. The van der Waals surface area contributed by atoms with Crippen LogP contribution in [0.4, 0.5) is 0 Å². The lowest BCUT2D eigenvalue weighted by Crippen LogP contribution is -2.33. The third-order valence-electron chi connectivity index (χ3n) is 3.73. The van der Waals surface area contributed by atoms with Crippen LogP contribution in [-0.2, 0) is 17.8 Å². The Morgan fingerprint density at radius 2 is 2.00 bits per heavy atom. The first-order valence-electron chi connectivity index (χ1n) is 7.94. The summed E-state index contributed by atoms with van der Waals surface area (Å²) >= 11 is 6.13. The molecule has 4 nitrogen and oxygen atoms in total. The highest BCUT2D eigenvalue weighted by Crippen LogP contribution is 2.19. The third kappa shape index (κ3) is 5.55. The van der Waals surface area contributed by atoms with Crippen molar-refractivity contribution in [2.24, 2.45) is 0 Å². The van der Waals surface area contributed by atoms with Gasteiger partial charge in [-0.3, -0.25) is 4.79 Å². The molecule has 0 atom stereocenters. The molecule has 0 aliphatic heterocycles. The molecule has 2 rings (SSSR count). The molecule has 0 spiro atoms. The maximum absolute atomic E-state index is 12.2. The molecular formula is C19H23ClN2O2. The molecule has 0 aliphatic rings. The van der Waals surface area contributed by atoms with Gasteiger partial charge in [0, 0.05) is 30.7 Å². The topological polar surface area (TPSA) is 41.6 Å². The van der Waals surface area contributed by atoms with Crippen molar-refractivity contribution in [1.82, 2.24) is 10.2 Å². The number of halogens is 1. The molecule has 1 N–H and O–H groups in total. The Hall–Kier alpha value is -2.04. The number of nitrogens with one attached hydrogen (secondary N) is 1. The Bertz CT molecular complexity index is 676. The van der Waals surface area contributed by atoms with E-state index in [1.54, 1.807) is 4.90 Å². The van der Waals surface area contributed by atoms with E-state index in [4.69, 9.17) is 16.3 Å². The van der Waals surface area contributed by atoms with Crippen LogP contribution in [0.5, 0.6) is 5.75 Å². The smallest absolute Gasteiger partial charge is 0.226 e. The zero-order chi connectivity index (χ0) is 17.4. The van der Waals surface area contributed by atoms with Crippen LogP contribution >= 0.6 is 11.6 Å². The number of hydrogen-bond acceptors (Lipinski definition) is 3. The molecule has 24 heavy (non-hydrogen) atoms. The monoisotopic (exact) mass is 346 g/mol. The van der Waals surface area contributed by atoms with E-state index in [0.717, 1.165) is 23.4 Å². The van der Waals surface area contributed by atoms with E-state index >= 15 is 0 Å². The van der Waals surface area contributed by atoms with Crippen molar-refractivity contribution in [3.63, 3.8) is 0 Å². The van der Waals surface area contributed by atoms with Crippen LogP contribution in [0.3, 0.4) is 0 Å². The summed E-state index contributed by atoms with van der Waals surface area (Å²) < 4.78 is 5.80. The molecule has 0 fully saturated rings. The molecule has 1 amide bonds. The van der Waals surface area contributed by atoms with Crippen molar-refractivity contribution in [2.75, 3.05) is 27.2 Å². The van der Waals surface area contributed by atoms with Gasteiger partial charge in [0.25, 0.3) is 0 Å². The normalized spacial score (nSPS) is 10.5. The van der Waals surface area contributed by atoms with Crippen molar-refractivity contribution in [1.29, 1.82) is 0 Å². The Morgan fingerprint density at radius 1 is 1.21 bits per heavy atom. The zero-order valence-corrected chi connectivity index (χ0v) is 14.8. The number of nitrogens with zero attached hydrogens (tertiary/aromatic N) is 1. The fourth-order valence-electron chi connectivity index (χ4n) is 2.24. The summed E-state index contributed by atoms with van der Waals surface area (Å²) in [6.07, 6.45) is 0.365. The number of amides is 1. The van der Waals surface area contributed by atoms with Crippen LogP contribution in [0.25, 0.3) is 0 Å². The van der Waals surface area contributed by atoms with E-state index in [1.165, 1.54) is 0 Å². The van der Waals surface area contributed by atoms with Gasteiger partial charge in [0.15, 0.2) is 0 Å². The minimum absolute atomic E-state index is 0.0912. The number of ether oxygens (including phenoxy) is 1. The number of carbonyl (C=O) groups is 1. The average Bonchev–Trinajstić information content (AvgIpc) is 2.59. The van der Waals surface area contributed by atoms with Gasteiger partial charge < -0.3 is 15.0 Å². The van der Waals surface area contributed by atoms with Crippen LogP contribution in [-0.4, -0.2) is 38.0 Å². The predicted octanol–water partition coefficient (Wildman–Crippen LogP) is 3.14. The van der Waals surface area contributed by atoms with E-state index in [-0.39, 0.29) is 5.91 Å². The standard InChI is InChI=1S/C19H23ClN2O2/c1-21-10-11-22(2)19(23)13-15-6-5-8-17(12-15)24-14-16-7-3-4-9-18(16)20/h3-9,12,21H,10-11,13-14H2,1-2H3. The summed E-state index contributed by atoms with van der Waals surface area (Å²) in [6, 6.07) is 15.2. The quantitative estimate of drug-likeness (QED) is 0.798. The third-order valence-corrected chi connectivity index (χ3v) is 4.10. The molecule has 0 saturated carbocycles. The molecule has 128 valence electrons. The molecule has 0 heterocycles. The van der Waals surface area contributed by atoms with Crippen LogP contribution in [0.2, 0.25) is 5.02 Å². The van der Waals surface area contributed by atoms with Gasteiger partial charge in [-0.05, 0) is 30.8 Å². The van der Waals surface area contributed by atoms with Gasteiger partial charge in [0.05, 0.1) is 6.42 Å². The first kappa shape index (κ1) is 18.3. The first-order valence-corrected chi connectivity index (χ1v) is 8.31. The molecule has 0 saturated heterocycles. The fraction of sp³-hybridized carbons (Fsp3) is 0.316. The minimum Gasteiger partial charge on any atom is -0.489 e. The highest BCUT2D eigenvalue weighted by Gasteiger charge is 2.10. The minimum atomic E-state index is 0.0912. The van der Waals surface area contributed by atoms with Crippen LogP contribution in [0.1, 0.15) is 11.1 Å². The highest BCUT2D eigenvalue weighted by atomic mass is 35.5. The first-order chi connectivity index (χ1) is 11.6. The summed E-state index contributed by atoms with van der Waals surface area (Å²) in [5, 5.41) is 3.73. The molecular weight excluding hydrogens is 324 g/mol. The largest absolute Gasteiger partial charge is 0.489 e. The van der Waals surface area contributed by atoms with Crippen molar-refractivity contribution in [3.8, 4) is 5.75 Å². The lowest BCUT2D eigenvalue weighted by molar-refractivity contribution is -0.129. The van der Waals surface area contributed by atoms with Crippen LogP contribution < -0.4 is 10.1 Å². The van der Waals surface area contributed by atoms with Gasteiger partial charge in [-0.1, -0.05) is 41.9 Å². The van der Waals surface area contributed by atoms with Crippen molar-refractivity contribution in [2.45, 2.75) is 13.0 Å². The summed E-state index contributed by atoms with van der Waals surface area (Å²) in [5.74, 6) is 0.826. The van der Waals surface area contributed by atoms with Gasteiger partial charge in [-0.15, -0.1) is 0 Å². The molecule has 0 radical (unpaired) electrons. The average molecular weight is 347 g/mol. The Labute approximate surface area is 148 Å². The molecule has 0 unspecified atom stereocenters. The van der Waals surface area contributed by atoms with E-state index in [0.29, 0.717) is 24.6 Å². The lowest BCUT2D eigenvalue weighted by Gasteiger charge is -2.17. The number of likely N-dealkylation sites (N-methyl/N-ethyl adjacent to an activating group) is 2. The number of benzene rings is 2. The Balaban J connectivity index is 1.94. The Morgan fingerprint density at radius 3 is 2.75 bits per heavy atom. The predicted molar refractivity (Wildman–Crippen MR) is 97.5 cm³/mol. The summed E-state index contributed by atoms with van der Waals surface area (Å²) in [5.41, 5.74) is 1.88. The Kier molecular flexibility index (Phi) is 7.09. The van der Waals surface area contributed by atoms with E-state index in [9.17, 15) is 4.79 Å². The molecule has 0 aromatic heterocycles. The molecule has 5 heteroatoms. The van der Waals surface area contributed by atoms with E-state index < -0.39 is 0 Å². The van der Waals surface area contributed by atoms with Gasteiger partial charge >= 0.3 is 0 Å². The summed E-state index contributed by atoms with van der Waals surface area (Å²) in [4.78, 5) is 13.9. The second-order valence-corrected chi connectivity index (χ2v) is 6.03. The molecule has 2 aromatic carbocycles. The van der Waals surface area contributed by atoms with Crippen molar-refractivity contribution < 1.29 is 9.53 Å². The molecule has 0 aliphatic carbocycles. The number of hydrogen-bond donors (Lipinski definition) is 1. The molecule has 0 bridgehead atoms. The second kappa shape index (κ2) is 9.30. The van der Waals surface area contributed by atoms with Gasteiger partial charge in [-0.2, -0.15) is 0 Å². The number of rotatable bonds is 8. The van der Waals surface area contributed by atoms with Crippen LogP contribution in [0.15, 0.2) is 48.5 Å². The highest BCUT2D eigenvalue weighted by molar-refractivity contribution is 6.31. The number of carbonyl (C=O) groups excluding carboxylic acids is 1. The van der Waals surface area contributed by atoms with Crippen LogP contribution in [0, 0.1) is 0 Å². The van der Waals surface area contributed by atoms with Gasteiger partial charge in [0.1, 0.15) is 12.4 Å². The zero-order valence-electron chi connectivity index (χ0n) is 14.1. The maximum atomic E-state index is 12.2. The maximum Gasteiger partial charge on any atom is 0.226 e. The summed E-state index contributed by atoms with van der Waals surface area (Å²) in [6.45, 7) is 1.88. The second-order valence-electron chi connectivity index (χ2n) is 5.62.